The lowest BCUT2D eigenvalue weighted by atomic mass is 10.2. The van der Waals surface area contributed by atoms with Crippen molar-refractivity contribution in [1.82, 2.24) is 4.98 Å². The molecule has 0 bridgehead atoms. The van der Waals surface area contributed by atoms with Crippen LogP contribution >= 0.6 is 22.6 Å². The Morgan fingerprint density at radius 1 is 1.67 bits per heavy atom. The molecule has 0 unspecified atom stereocenters. The fraction of sp³-hybridized carbons (Fsp3) is 0.250. The average molecular weight is 329 g/mol. The van der Waals surface area contributed by atoms with Gasteiger partial charge in [0.15, 0.2) is 5.69 Å². The Labute approximate surface area is 97.4 Å². The number of alkyl halides is 2. The van der Waals surface area contributed by atoms with Crippen LogP contribution in [0.25, 0.3) is 0 Å². The van der Waals surface area contributed by atoms with Crippen molar-refractivity contribution in [1.29, 1.82) is 0 Å². The summed E-state index contributed by atoms with van der Waals surface area (Å²) < 4.78 is 29.0. The fourth-order valence-corrected chi connectivity index (χ4v) is 1.53. The third-order valence-corrected chi connectivity index (χ3v) is 2.46. The minimum absolute atomic E-state index is 0.0409. The molecule has 0 aliphatic heterocycles. The third kappa shape index (κ3) is 2.52. The minimum atomic E-state index is -2.75. The van der Waals surface area contributed by atoms with Gasteiger partial charge >= 0.3 is 5.97 Å². The van der Waals surface area contributed by atoms with Crippen LogP contribution in [0.4, 0.5) is 8.78 Å². The highest BCUT2D eigenvalue weighted by Crippen LogP contribution is 2.28. The first-order valence-corrected chi connectivity index (χ1v) is 4.81. The van der Waals surface area contributed by atoms with E-state index in [1.54, 1.807) is 22.6 Å². The van der Waals surface area contributed by atoms with Gasteiger partial charge in [-0.05, 0) is 28.7 Å². The molecule has 0 atom stereocenters. The van der Waals surface area contributed by atoms with E-state index in [0.29, 0.717) is 0 Å². The quantitative estimate of drug-likeness (QED) is 0.513. The predicted octanol–water partition coefficient (Wildman–Crippen LogP) is 2.12. The van der Waals surface area contributed by atoms with Crippen LogP contribution in [0.1, 0.15) is 22.5 Å². The van der Waals surface area contributed by atoms with Gasteiger partial charge in [-0.3, -0.25) is 0 Å². The molecule has 0 radical (unpaired) electrons. The van der Waals surface area contributed by atoms with Gasteiger partial charge in [0.25, 0.3) is 6.43 Å². The van der Waals surface area contributed by atoms with Crippen molar-refractivity contribution in [3.8, 4) is 5.75 Å². The first kappa shape index (κ1) is 12.1. The van der Waals surface area contributed by atoms with Crippen molar-refractivity contribution in [2.45, 2.75) is 6.43 Å². The first-order valence-electron chi connectivity index (χ1n) is 3.73. The monoisotopic (exact) mass is 329 g/mol. The van der Waals surface area contributed by atoms with Gasteiger partial charge in [0, 0.05) is 0 Å². The number of esters is 1. The van der Waals surface area contributed by atoms with Crippen LogP contribution in [0.15, 0.2) is 6.07 Å². The summed E-state index contributed by atoms with van der Waals surface area (Å²) in [7, 11) is 1.11. The SMILES string of the molecule is COC(=O)c1nc(I)c(C(F)F)cc1O. The number of hydrogen-bond acceptors (Lipinski definition) is 4. The van der Waals surface area contributed by atoms with Crippen molar-refractivity contribution in [3.63, 3.8) is 0 Å². The standard InChI is InChI=1S/C8H6F2INO3/c1-15-8(14)5-4(13)2-3(6(9)10)7(11)12-5/h2,6,13H,1H3. The zero-order valence-electron chi connectivity index (χ0n) is 7.50. The van der Waals surface area contributed by atoms with E-state index in [1.165, 1.54) is 0 Å². The lowest BCUT2D eigenvalue weighted by molar-refractivity contribution is 0.0589. The zero-order valence-corrected chi connectivity index (χ0v) is 9.66. The lowest BCUT2D eigenvalue weighted by Gasteiger charge is -2.06. The van der Waals surface area contributed by atoms with Gasteiger partial charge < -0.3 is 9.84 Å². The zero-order chi connectivity index (χ0) is 11.6. The van der Waals surface area contributed by atoms with Crippen LogP contribution in [-0.4, -0.2) is 23.2 Å². The van der Waals surface area contributed by atoms with Crippen molar-refractivity contribution in [2.75, 3.05) is 7.11 Å². The fourth-order valence-electron chi connectivity index (χ4n) is 0.895. The van der Waals surface area contributed by atoms with E-state index >= 15 is 0 Å². The molecule has 4 nitrogen and oxygen atoms in total. The summed E-state index contributed by atoms with van der Waals surface area (Å²) in [5, 5.41) is 9.27. The second-order valence-electron chi connectivity index (χ2n) is 2.53. The van der Waals surface area contributed by atoms with E-state index in [9.17, 15) is 18.7 Å². The van der Waals surface area contributed by atoms with Gasteiger partial charge in [0.1, 0.15) is 9.45 Å². The molecule has 15 heavy (non-hydrogen) atoms. The molecule has 82 valence electrons. The topological polar surface area (TPSA) is 59.4 Å². The first-order chi connectivity index (χ1) is 6.97. The number of carbonyl (C=O) groups is 1. The molecule has 7 heteroatoms. The summed E-state index contributed by atoms with van der Waals surface area (Å²) in [6.07, 6.45) is -2.75. The number of halogens is 3. The molecule has 0 saturated heterocycles. The number of aromatic nitrogens is 1. The van der Waals surface area contributed by atoms with Gasteiger partial charge in [-0.1, -0.05) is 0 Å². The smallest absolute Gasteiger partial charge is 0.360 e. The Morgan fingerprint density at radius 3 is 2.73 bits per heavy atom. The van der Waals surface area contributed by atoms with E-state index < -0.39 is 23.7 Å². The van der Waals surface area contributed by atoms with Gasteiger partial charge in [-0.15, -0.1) is 0 Å². The molecule has 0 aromatic carbocycles. The van der Waals surface area contributed by atoms with Crippen LogP contribution in [0.2, 0.25) is 0 Å². The highest BCUT2D eigenvalue weighted by atomic mass is 127. The van der Waals surface area contributed by atoms with E-state index in [4.69, 9.17) is 0 Å². The van der Waals surface area contributed by atoms with E-state index in [2.05, 4.69) is 9.72 Å². The number of rotatable bonds is 2. The summed E-state index contributed by atoms with van der Waals surface area (Å²) in [4.78, 5) is 14.6. The van der Waals surface area contributed by atoms with E-state index in [1.807, 2.05) is 0 Å². The number of carbonyl (C=O) groups excluding carboxylic acids is 1. The summed E-state index contributed by atoms with van der Waals surface area (Å²) in [6, 6.07) is 0.811. The minimum Gasteiger partial charge on any atom is -0.505 e. The van der Waals surface area contributed by atoms with Crippen LogP contribution in [0.3, 0.4) is 0 Å². The van der Waals surface area contributed by atoms with Crippen molar-refractivity contribution in [3.05, 3.63) is 21.0 Å². The highest BCUT2D eigenvalue weighted by molar-refractivity contribution is 14.1. The molecule has 1 heterocycles. The Morgan fingerprint density at radius 2 is 2.27 bits per heavy atom. The molecule has 0 aliphatic rings. The number of ether oxygens (including phenoxy) is 1. The number of methoxy groups -OCH3 is 1. The summed E-state index contributed by atoms with van der Waals surface area (Å²) >= 11 is 1.56. The summed E-state index contributed by atoms with van der Waals surface area (Å²) in [5.41, 5.74) is -0.785. The number of aromatic hydroxyl groups is 1. The number of pyridine rings is 1. The third-order valence-electron chi connectivity index (χ3n) is 1.60. The van der Waals surface area contributed by atoms with Crippen LogP contribution in [0.5, 0.6) is 5.75 Å². The molecule has 1 N–H and O–H groups in total. The average Bonchev–Trinajstić information content (AvgIpc) is 2.19. The molecule has 0 spiro atoms. The second kappa shape index (κ2) is 4.69. The largest absolute Gasteiger partial charge is 0.505 e. The predicted molar refractivity (Wildman–Crippen MR) is 54.9 cm³/mol. The summed E-state index contributed by atoms with van der Waals surface area (Å²) in [6.45, 7) is 0. The molecular weight excluding hydrogens is 323 g/mol. The van der Waals surface area contributed by atoms with Crippen LogP contribution in [0, 0.1) is 3.70 Å². The van der Waals surface area contributed by atoms with E-state index in [-0.39, 0.29) is 9.39 Å². The van der Waals surface area contributed by atoms with Crippen LogP contribution in [-0.2, 0) is 4.74 Å². The maximum absolute atomic E-state index is 12.4. The molecule has 0 aliphatic carbocycles. The maximum Gasteiger partial charge on any atom is 0.360 e. The van der Waals surface area contributed by atoms with E-state index in [0.717, 1.165) is 13.2 Å². The maximum atomic E-state index is 12.4. The van der Waals surface area contributed by atoms with Gasteiger partial charge in [-0.2, -0.15) is 0 Å². The number of hydrogen-bond donors (Lipinski definition) is 1. The number of nitrogens with zero attached hydrogens (tertiary/aromatic N) is 1. The Hall–Kier alpha value is -0.990. The van der Waals surface area contributed by atoms with Crippen molar-refractivity contribution >= 4 is 28.6 Å². The molecule has 0 saturated carbocycles. The molecule has 1 aromatic heterocycles. The normalized spacial score (nSPS) is 10.5. The Bertz CT molecular complexity index is 398. The lowest BCUT2D eigenvalue weighted by Crippen LogP contribution is -2.07. The van der Waals surface area contributed by atoms with Gasteiger partial charge in [0.2, 0.25) is 0 Å². The molecule has 1 aromatic rings. The van der Waals surface area contributed by atoms with Gasteiger partial charge in [0.05, 0.1) is 12.7 Å². The second-order valence-corrected chi connectivity index (χ2v) is 3.55. The molecule has 1 rings (SSSR count). The van der Waals surface area contributed by atoms with Gasteiger partial charge in [-0.25, -0.2) is 18.6 Å². The molecular formula is C8H6F2INO3. The highest BCUT2D eigenvalue weighted by Gasteiger charge is 2.20. The Kier molecular flexibility index (Phi) is 3.77. The van der Waals surface area contributed by atoms with Crippen molar-refractivity contribution < 1.29 is 23.4 Å². The summed E-state index contributed by atoms with van der Waals surface area (Å²) in [5.74, 6) is -1.48. The molecule has 0 fully saturated rings. The Balaban J connectivity index is 3.25. The molecule has 0 amide bonds. The van der Waals surface area contributed by atoms with Crippen molar-refractivity contribution in [2.24, 2.45) is 0 Å². The van der Waals surface area contributed by atoms with Crippen LogP contribution < -0.4 is 0 Å².